The zero-order valence-electron chi connectivity index (χ0n) is 12.6. The number of pyridine rings is 1. The molecule has 1 aromatic heterocycles. The van der Waals surface area contributed by atoms with E-state index in [1.54, 1.807) is 20.4 Å². The molecule has 1 N–H and O–H groups in total. The molecule has 0 amide bonds. The molecule has 0 aliphatic carbocycles. The fourth-order valence-electron chi connectivity index (χ4n) is 1.99. The Hall–Kier alpha value is -2.43. The monoisotopic (exact) mass is 288 g/mol. The van der Waals surface area contributed by atoms with Crippen LogP contribution in [0.1, 0.15) is 12.5 Å². The van der Waals surface area contributed by atoms with Crippen molar-refractivity contribution < 1.29 is 14.2 Å². The number of anilines is 1. The Morgan fingerprint density at radius 1 is 1.05 bits per heavy atom. The van der Waals surface area contributed by atoms with Gasteiger partial charge in [0, 0.05) is 18.3 Å². The lowest BCUT2D eigenvalue weighted by Gasteiger charge is -2.15. The predicted molar refractivity (Wildman–Crippen MR) is 82.3 cm³/mol. The van der Waals surface area contributed by atoms with Gasteiger partial charge in [0.15, 0.2) is 11.5 Å². The van der Waals surface area contributed by atoms with Crippen LogP contribution in [0.3, 0.4) is 0 Å². The number of ether oxygens (including phenoxy) is 3. The van der Waals surface area contributed by atoms with E-state index in [2.05, 4.69) is 10.3 Å². The summed E-state index contributed by atoms with van der Waals surface area (Å²) < 4.78 is 16.5. The second kappa shape index (κ2) is 7.38. The van der Waals surface area contributed by atoms with Crippen LogP contribution >= 0.6 is 0 Å². The predicted octanol–water partition coefficient (Wildman–Crippen LogP) is 3.11. The maximum absolute atomic E-state index is 5.89. The number of aromatic nitrogens is 1. The van der Waals surface area contributed by atoms with Crippen LogP contribution in [0.5, 0.6) is 17.2 Å². The van der Waals surface area contributed by atoms with Crippen molar-refractivity contribution in [3.8, 4) is 17.2 Å². The van der Waals surface area contributed by atoms with Gasteiger partial charge in [-0.15, -0.1) is 0 Å². The zero-order chi connectivity index (χ0) is 15.1. The summed E-state index contributed by atoms with van der Waals surface area (Å²) in [5.74, 6) is 2.70. The highest BCUT2D eigenvalue weighted by Gasteiger charge is 2.12. The molecule has 112 valence electrons. The molecule has 5 nitrogen and oxygen atoms in total. The van der Waals surface area contributed by atoms with E-state index < -0.39 is 0 Å². The van der Waals surface area contributed by atoms with Crippen molar-refractivity contribution in [2.75, 3.05) is 26.1 Å². The summed E-state index contributed by atoms with van der Waals surface area (Å²) in [6, 6.07) is 9.41. The van der Waals surface area contributed by atoms with E-state index in [1.165, 1.54) is 0 Å². The minimum atomic E-state index is 0.382. The van der Waals surface area contributed by atoms with Crippen molar-refractivity contribution in [3.63, 3.8) is 0 Å². The summed E-state index contributed by atoms with van der Waals surface area (Å²) in [6.07, 6.45) is 1.76. The molecule has 0 aliphatic heterocycles. The van der Waals surface area contributed by atoms with Gasteiger partial charge < -0.3 is 19.5 Å². The highest BCUT2D eigenvalue weighted by molar-refractivity contribution is 5.51. The maximum Gasteiger partial charge on any atom is 0.203 e. The van der Waals surface area contributed by atoms with Crippen molar-refractivity contribution in [1.29, 1.82) is 0 Å². The highest BCUT2D eigenvalue weighted by Crippen LogP contribution is 2.37. The molecular formula is C16H20N2O3. The normalized spacial score (nSPS) is 10.0. The SMILES string of the molecule is CCNc1ncccc1COc1c(OC)cccc1OC. The molecule has 0 atom stereocenters. The Kier molecular flexibility index (Phi) is 5.26. The Bertz CT molecular complexity index is 565. The smallest absolute Gasteiger partial charge is 0.203 e. The van der Waals surface area contributed by atoms with Crippen LogP contribution in [0.4, 0.5) is 5.82 Å². The van der Waals surface area contributed by atoms with E-state index in [-0.39, 0.29) is 0 Å². The van der Waals surface area contributed by atoms with Crippen LogP contribution in [0, 0.1) is 0 Å². The highest BCUT2D eigenvalue weighted by atomic mass is 16.5. The molecule has 1 aromatic carbocycles. The minimum absolute atomic E-state index is 0.382. The fourth-order valence-corrected chi connectivity index (χ4v) is 1.99. The number of hydrogen-bond donors (Lipinski definition) is 1. The van der Waals surface area contributed by atoms with Gasteiger partial charge in [-0.3, -0.25) is 0 Å². The standard InChI is InChI=1S/C16H20N2O3/c1-4-17-16-12(7-6-10-18-16)11-21-15-13(19-2)8-5-9-14(15)20-3/h5-10H,4,11H2,1-3H3,(H,17,18). The van der Waals surface area contributed by atoms with Crippen molar-refractivity contribution in [3.05, 3.63) is 42.1 Å². The van der Waals surface area contributed by atoms with E-state index in [0.717, 1.165) is 17.9 Å². The number of benzene rings is 1. The Labute approximate surface area is 124 Å². The minimum Gasteiger partial charge on any atom is -0.493 e. The van der Waals surface area contributed by atoms with Crippen LogP contribution in [-0.4, -0.2) is 25.7 Å². The molecule has 0 spiro atoms. The van der Waals surface area contributed by atoms with Gasteiger partial charge in [-0.2, -0.15) is 0 Å². The Balaban J connectivity index is 2.20. The number of nitrogens with zero attached hydrogens (tertiary/aromatic N) is 1. The van der Waals surface area contributed by atoms with Gasteiger partial charge in [0.2, 0.25) is 5.75 Å². The first-order valence-corrected chi connectivity index (χ1v) is 6.81. The van der Waals surface area contributed by atoms with Crippen LogP contribution in [0.2, 0.25) is 0 Å². The topological polar surface area (TPSA) is 52.6 Å². The molecule has 5 heteroatoms. The van der Waals surface area contributed by atoms with Crippen molar-refractivity contribution in [2.45, 2.75) is 13.5 Å². The average molecular weight is 288 g/mol. The summed E-state index contributed by atoms with van der Waals surface area (Å²) in [6.45, 7) is 3.22. The van der Waals surface area contributed by atoms with E-state index in [4.69, 9.17) is 14.2 Å². The summed E-state index contributed by atoms with van der Waals surface area (Å²) >= 11 is 0. The van der Waals surface area contributed by atoms with Gasteiger partial charge in [-0.25, -0.2) is 4.98 Å². The molecular weight excluding hydrogens is 268 g/mol. The van der Waals surface area contributed by atoms with Gasteiger partial charge in [-0.1, -0.05) is 12.1 Å². The Morgan fingerprint density at radius 2 is 1.76 bits per heavy atom. The van der Waals surface area contributed by atoms with E-state index in [0.29, 0.717) is 23.9 Å². The van der Waals surface area contributed by atoms with E-state index in [9.17, 15) is 0 Å². The lowest BCUT2D eigenvalue weighted by molar-refractivity contribution is 0.266. The number of methoxy groups -OCH3 is 2. The molecule has 0 aliphatic rings. The van der Waals surface area contributed by atoms with E-state index >= 15 is 0 Å². The fraction of sp³-hybridized carbons (Fsp3) is 0.312. The summed E-state index contributed by atoms with van der Waals surface area (Å²) in [5, 5.41) is 3.22. The molecule has 21 heavy (non-hydrogen) atoms. The van der Waals surface area contributed by atoms with Crippen LogP contribution < -0.4 is 19.5 Å². The molecule has 2 aromatic rings. The quantitative estimate of drug-likeness (QED) is 0.848. The largest absolute Gasteiger partial charge is 0.493 e. The molecule has 0 saturated carbocycles. The maximum atomic E-state index is 5.89. The molecule has 1 heterocycles. The lowest BCUT2D eigenvalue weighted by atomic mass is 10.2. The second-order valence-electron chi connectivity index (χ2n) is 4.32. The first-order chi connectivity index (χ1) is 10.3. The summed E-state index contributed by atoms with van der Waals surface area (Å²) in [7, 11) is 3.21. The molecule has 2 rings (SSSR count). The third-order valence-electron chi connectivity index (χ3n) is 2.99. The molecule has 0 radical (unpaired) electrons. The average Bonchev–Trinajstić information content (AvgIpc) is 2.54. The van der Waals surface area contributed by atoms with E-state index in [1.807, 2.05) is 37.3 Å². The first kappa shape index (κ1) is 15.0. The summed E-state index contributed by atoms with van der Waals surface area (Å²) in [5.41, 5.74) is 0.979. The summed E-state index contributed by atoms with van der Waals surface area (Å²) in [4.78, 5) is 4.31. The Morgan fingerprint density at radius 3 is 2.38 bits per heavy atom. The number of rotatable bonds is 7. The van der Waals surface area contributed by atoms with Crippen LogP contribution in [0.25, 0.3) is 0 Å². The van der Waals surface area contributed by atoms with Crippen LogP contribution in [-0.2, 0) is 6.61 Å². The van der Waals surface area contributed by atoms with Crippen molar-refractivity contribution in [2.24, 2.45) is 0 Å². The van der Waals surface area contributed by atoms with Gasteiger partial charge in [0.1, 0.15) is 12.4 Å². The van der Waals surface area contributed by atoms with Crippen molar-refractivity contribution in [1.82, 2.24) is 4.98 Å². The molecule has 0 bridgehead atoms. The first-order valence-electron chi connectivity index (χ1n) is 6.81. The number of hydrogen-bond acceptors (Lipinski definition) is 5. The molecule has 0 fully saturated rings. The van der Waals surface area contributed by atoms with Gasteiger partial charge in [-0.05, 0) is 25.1 Å². The number of para-hydroxylation sites is 1. The van der Waals surface area contributed by atoms with Crippen molar-refractivity contribution >= 4 is 5.82 Å². The van der Waals surface area contributed by atoms with Gasteiger partial charge >= 0.3 is 0 Å². The zero-order valence-corrected chi connectivity index (χ0v) is 12.6. The second-order valence-corrected chi connectivity index (χ2v) is 4.32. The number of nitrogens with one attached hydrogen (secondary N) is 1. The molecule has 0 unspecified atom stereocenters. The lowest BCUT2D eigenvalue weighted by Crippen LogP contribution is -2.06. The molecule has 0 saturated heterocycles. The van der Waals surface area contributed by atoms with Gasteiger partial charge in [0.25, 0.3) is 0 Å². The third kappa shape index (κ3) is 3.56. The van der Waals surface area contributed by atoms with Gasteiger partial charge in [0.05, 0.1) is 14.2 Å². The van der Waals surface area contributed by atoms with Crippen LogP contribution in [0.15, 0.2) is 36.5 Å². The third-order valence-corrected chi connectivity index (χ3v) is 2.99.